The Morgan fingerprint density at radius 2 is 1.80 bits per heavy atom. The van der Waals surface area contributed by atoms with Crippen LogP contribution in [0.4, 0.5) is 0 Å². The van der Waals surface area contributed by atoms with E-state index in [2.05, 4.69) is 0 Å². The normalized spacial score (nSPS) is 17.4. The van der Waals surface area contributed by atoms with Gasteiger partial charge in [0.2, 0.25) is 0 Å². The minimum atomic E-state index is -1.10. The Hall–Kier alpha value is -0.120. The lowest BCUT2D eigenvalue weighted by Crippen LogP contribution is -2.39. The Balaban J connectivity index is 3.94. The molecule has 0 rings (SSSR count). The second kappa shape index (κ2) is 3.91. The molecule has 10 heavy (non-hydrogen) atoms. The third-order valence-electron chi connectivity index (χ3n) is 1.89. The lowest BCUT2D eigenvalue weighted by Gasteiger charge is -2.29. The molecule has 3 heteroatoms. The molecule has 0 radical (unpaired) electrons. The van der Waals surface area contributed by atoms with Gasteiger partial charge in [-0.1, -0.05) is 13.8 Å². The molecule has 1 atom stereocenters. The molecule has 0 amide bonds. The van der Waals surface area contributed by atoms with Crippen molar-refractivity contribution < 1.29 is 15.3 Å². The van der Waals surface area contributed by atoms with Crippen molar-refractivity contribution >= 4 is 0 Å². The smallest absolute Gasteiger partial charge is 0.0921 e. The largest absolute Gasteiger partial charge is 0.396 e. The van der Waals surface area contributed by atoms with E-state index < -0.39 is 5.60 Å². The van der Waals surface area contributed by atoms with Crippen LogP contribution in [0, 0.1) is 5.92 Å². The van der Waals surface area contributed by atoms with Crippen LogP contribution in [-0.4, -0.2) is 34.1 Å². The van der Waals surface area contributed by atoms with Gasteiger partial charge in [-0.15, -0.1) is 0 Å². The van der Waals surface area contributed by atoms with Crippen LogP contribution in [0.15, 0.2) is 0 Å². The van der Waals surface area contributed by atoms with Crippen molar-refractivity contribution in [3.05, 3.63) is 0 Å². The first-order valence-electron chi connectivity index (χ1n) is 3.51. The molecule has 3 N–H and O–H groups in total. The predicted octanol–water partition coefficient (Wildman–Crippen LogP) is -0.252. The fourth-order valence-corrected chi connectivity index (χ4v) is 0.744. The van der Waals surface area contributed by atoms with Crippen LogP contribution in [0.1, 0.15) is 20.3 Å². The van der Waals surface area contributed by atoms with E-state index in [-0.39, 0.29) is 25.6 Å². The molecule has 0 aliphatic carbocycles. The molecule has 3 nitrogen and oxygen atoms in total. The van der Waals surface area contributed by atoms with Gasteiger partial charge in [0.05, 0.1) is 12.2 Å². The molecule has 0 aromatic rings. The van der Waals surface area contributed by atoms with Crippen molar-refractivity contribution in [3.8, 4) is 0 Å². The molecule has 1 unspecified atom stereocenters. The minimum Gasteiger partial charge on any atom is -0.396 e. The Labute approximate surface area is 61.3 Å². The number of hydrogen-bond donors (Lipinski definition) is 3. The average molecular weight is 148 g/mol. The first-order chi connectivity index (χ1) is 4.56. The highest BCUT2D eigenvalue weighted by atomic mass is 16.3. The molecule has 0 aromatic carbocycles. The van der Waals surface area contributed by atoms with Gasteiger partial charge in [0.15, 0.2) is 0 Å². The van der Waals surface area contributed by atoms with Gasteiger partial charge in [-0.05, 0) is 5.92 Å². The Kier molecular flexibility index (Phi) is 3.86. The minimum absolute atomic E-state index is 0.0235. The van der Waals surface area contributed by atoms with Crippen LogP contribution in [0.25, 0.3) is 0 Å². The zero-order chi connectivity index (χ0) is 8.20. The summed E-state index contributed by atoms with van der Waals surface area (Å²) in [4.78, 5) is 0. The van der Waals surface area contributed by atoms with Crippen LogP contribution in [0.3, 0.4) is 0 Å². The van der Waals surface area contributed by atoms with Gasteiger partial charge in [0.25, 0.3) is 0 Å². The van der Waals surface area contributed by atoms with Gasteiger partial charge in [0.1, 0.15) is 0 Å². The van der Waals surface area contributed by atoms with Crippen molar-refractivity contribution in [1.82, 2.24) is 0 Å². The van der Waals surface area contributed by atoms with E-state index in [9.17, 15) is 5.11 Å². The number of aliphatic hydroxyl groups is 3. The quantitative estimate of drug-likeness (QED) is 0.515. The highest BCUT2D eigenvalue weighted by molar-refractivity contribution is 4.80. The monoisotopic (exact) mass is 148 g/mol. The maximum Gasteiger partial charge on any atom is 0.0921 e. The van der Waals surface area contributed by atoms with Crippen LogP contribution < -0.4 is 0 Å². The summed E-state index contributed by atoms with van der Waals surface area (Å²) in [6, 6.07) is 0. The Morgan fingerprint density at radius 3 is 1.90 bits per heavy atom. The number of aliphatic hydroxyl groups excluding tert-OH is 2. The SMILES string of the molecule is CC(C)C(O)(CO)CCO. The maximum atomic E-state index is 9.49. The zero-order valence-electron chi connectivity index (χ0n) is 6.54. The third kappa shape index (κ3) is 2.25. The van der Waals surface area contributed by atoms with Gasteiger partial charge in [-0.2, -0.15) is 0 Å². The molecule has 0 aliphatic rings. The third-order valence-corrected chi connectivity index (χ3v) is 1.89. The maximum absolute atomic E-state index is 9.49. The summed E-state index contributed by atoms with van der Waals surface area (Å²) < 4.78 is 0. The molecular formula is C7H16O3. The van der Waals surface area contributed by atoms with Gasteiger partial charge in [-0.3, -0.25) is 0 Å². The van der Waals surface area contributed by atoms with Crippen LogP contribution in [0.5, 0.6) is 0 Å². The fourth-order valence-electron chi connectivity index (χ4n) is 0.744. The Bertz CT molecular complexity index is 92.9. The lowest BCUT2D eigenvalue weighted by molar-refractivity contribution is -0.0658. The van der Waals surface area contributed by atoms with Gasteiger partial charge in [0, 0.05) is 13.0 Å². The molecule has 0 saturated heterocycles. The van der Waals surface area contributed by atoms with Gasteiger partial charge < -0.3 is 15.3 Å². The van der Waals surface area contributed by atoms with E-state index in [1.54, 1.807) is 0 Å². The summed E-state index contributed by atoms with van der Waals surface area (Å²) in [5, 5.41) is 26.7. The van der Waals surface area contributed by atoms with Crippen molar-refractivity contribution in [2.75, 3.05) is 13.2 Å². The first-order valence-corrected chi connectivity index (χ1v) is 3.51. The Morgan fingerprint density at radius 1 is 1.30 bits per heavy atom. The first kappa shape index (κ1) is 9.88. The summed E-state index contributed by atoms with van der Waals surface area (Å²) in [6.45, 7) is 3.25. The molecular weight excluding hydrogens is 132 g/mol. The van der Waals surface area contributed by atoms with Crippen LogP contribution in [0.2, 0.25) is 0 Å². The highest BCUT2D eigenvalue weighted by Crippen LogP contribution is 2.19. The van der Waals surface area contributed by atoms with Crippen molar-refractivity contribution in [2.45, 2.75) is 25.9 Å². The molecule has 0 heterocycles. The summed E-state index contributed by atoms with van der Waals surface area (Å²) >= 11 is 0. The highest BCUT2D eigenvalue weighted by Gasteiger charge is 2.28. The summed E-state index contributed by atoms with van der Waals surface area (Å²) in [7, 11) is 0. The van der Waals surface area contributed by atoms with E-state index >= 15 is 0 Å². The topological polar surface area (TPSA) is 60.7 Å². The molecule has 0 saturated carbocycles. The summed E-state index contributed by atoms with van der Waals surface area (Å²) in [5.74, 6) is -0.0235. The molecule has 0 fully saturated rings. The molecule has 0 aromatic heterocycles. The fraction of sp³-hybridized carbons (Fsp3) is 1.00. The van der Waals surface area contributed by atoms with E-state index in [1.165, 1.54) is 0 Å². The van der Waals surface area contributed by atoms with Gasteiger partial charge >= 0.3 is 0 Å². The van der Waals surface area contributed by atoms with Crippen molar-refractivity contribution in [3.63, 3.8) is 0 Å². The lowest BCUT2D eigenvalue weighted by atomic mass is 9.88. The molecule has 0 spiro atoms. The zero-order valence-corrected chi connectivity index (χ0v) is 6.54. The summed E-state index contributed by atoms with van der Waals surface area (Å²) in [5.41, 5.74) is -1.10. The van der Waals surface area contributed by atoms with E-state index in [0.29, 0.717) is 0 Å². The number of rotatable bonds is 4. The van der Waals surface area contributed by atoms with Gasteiger partial charge in [-0.25, -0.2) is 0 Å². The van der Waals surface area contributed by atoms with E-state index in [4.69, 9.17) is 10.2 Å². The van der Waals surface area contributed by atoms with Crippen LogP contribution >= 0.6 is 0 Å². The number of hydrogen-bond acceptors (Lipinski definition) is 3. The molecule has 62 valence electrons. The van der Waals surface area contributed by atoms with E-state index in [1.807, 2.05) is 13.8 Å². The second-order valence-electron chi connectivity index (χ2n) is 2.89. The predicted molar refractivity (Wildman–Crippen MR) is 38.6 cm³/mol. The van der Waals surface area contributed by atoms with E-state index in [0.717, 1.165) is 0 Å². The van der Waals surface area contributed by atoms with Crippen molar-refractivity contribution in [2.24, 2.45) is 5.92 Å². The average Bonchev–Trinajstić information content (AvgIpc) is 1.88. The standard InChI is InChI=1S/C7H16O3/c1-6(2)7(10,5-9)3-4-8/h6,8-10H,3-5H2,1-2H3. The second-order valence-corrected chi connectivity index (χ2v) is 2.89. The van der Waals surface area contributed by atoms with Crippen molar-refractivity contribution in [1.29, 1.82) is 0 Å². The molecule has 0 aliphatic heterocycles. The van der Waals surface area contributed by atoms with Crippen LogP contribution in [-0.2, 0) is 0 Å². The molecule has 0 bridgehead atoms. The summed E-state index contributed by atoms with van der Waals surface area (Å²) in [6.07, 6.45) is 0.237.